The average molecular weight is 284 g/mol. The van der Waals surface area contributed by atoms with Crippen LogP contribution in [0, 0.1) is 0 Å². The molecule has 0 saturated carbocycles. The van der Waals surface area contributed by atoms with Crippen LogP contribution in [0.1, 0.15) is 18.6 Å². The zero-order valence-electron chi connectivity index (χ0n) is 9.60. The molecular weight excluding hydrogens is 273 g/mol. The van der Waals surface area contributed by atoms with Crippen LogP contribution in [0.4, 0.5) is 0 Å². The van der Waals surface area contributed by atoms with Gasteiger partial charge in [-0.05, 0) is 36.8 Å². The Morgan fingerprint density at radius 2 is 2.00 bits per heavy atom. The van der Waals surface area contributed by atoms with Gasteiger partial charge in [-0.2, -0.15) is 0 Å². The molecule has 0 unspecified atom stereocenters. The van der Waals surface area contributed by atoms with Crippen LogP contribution in [0.25, 0.3) is 0 Å². The molecule has 5 heteroatoms. The lowest BCUT2D eigenvalue weighted by atomic mass is 10.2. The number of halogens is 2. The van der Waals surface area contributed by atoms with Crippen LogP contribution >= 0.6 is 23.2 Å². The SMILES string of the molecule is C[C@H](O)c1ccc(Oc2ccc(Cl)cc2Cl)nc1. The van der Waals surface area contributed by atoms with Crippen molar-refractivity contribution in [3.8, 4) is 11.6 Å². The van der Waals surface area contributed by atoms with Gasteiger partial charge in [0.15, 0.2) is 0 Å². The molecule has 0 saturated heterocycles. The Kier molecular flexibility index (Phi) is 4.07. The molecule has 2 rings (SSSR count). The van der Waals surface area contributed by atoms with Crippen molar-refractivity contribution in [3.63, 3.8) is 0 Å². The normalized spacial score (nSPS) is 12.2. The van der Waals surface area contributed by atoms with E-state index < -0.39 is 6.10 Å². The number of pyridine rings is 1. The van der Waals surface area contributed by atoms with E-state index in [1.54, 1.807) is 43.5 Å². The van der Waals surface area contributed by atoms with Crippen molar-refractivity contribution in [1.29, 1.82) is 0 Å². The molecular formula is C13H11Cl2NO2. The van der Waals surface area contributed by atoms with Crippen molar-refractivity contribution in [3.05, 3.63) is 52.1 Å². The molecule has 94 valence electrons. The standard InChI is InChI=1S/C13H11Cl2NO2/c1-8(17)9-2-5-13(16-7-9)18-12-4-3-10(14)6-11(12)15/h2-8,17H,1H3/t8-/m0/s1. The molecule has 0 bridgehead atoms. The summed E-state index contributed by atoms with van der Waals surface area (Å²) in [5.41, 5.74) is 0.726. The fourth-order valence-corrected chi connectivity index (χ4v) is 1.82. The minimum Gasteiger partial charge on any atom is -0.437 e. The van der Waals surface area contributed by atoms with Crippen molar-refractivity contribution < 1.29 is 9.84 Å². The summed E-state index contributed by atoms with van der Waals surface area (Å²) in [6.45, 7) is 1.67. The molecule has 18 heavy (non-hydrogen) atoms. The molecule has 3 nitrogen and oxygen atoms in total. The second-order valence-corrected chi connectivity index (χ2v) is 4.63. The molecule has 0 amide bonds. The molecule has 0 aliphatic heterocycles. The van der Waals surface area contributed by atoms with E-state index in [1.165, 1.54) is 0 Å². The second kappa shape index (κ2) is 5.57. The Labute approximate surface area is 115 Å². The summed E-state index contributed by atoms with van der Waals surface area (Å²) in [6.07, 6.45) is 1.01. The Bertz CT molecular complexity index is 541. The van der Waals surface area contributed by atoms with E-state index in [9.17, 15) is 5.11 Å². The Morgan fingerprint density at radius 1 is 1.22 bits per heavy atom. The average Bonchev–Trinajstić information content (AvgIpc) is 2.33. The van der Waals surface area contributed by atoms with Gasteiger partial charge < -0.3 is 9.84 Å². The maximum atomic E-state index is 9.36. The van der Waals surface area contributed by atoms with E-state index in [-0.39, 0.29) is 0 Å². The van der Waals surface area contributed by atoms with Gasteiger partial charge in [-0.3, -0.25) is 0 Å². The molecule has 0 fully saturated rings. The van der Waals surface area contributed by atoms with Crippen molar-refractivity contribution in [2.45, 2.75) is 13.0 Å². The lowest BCUT2D eigenvalue weighted by Crippen LogP contribution is -1.94. The van der Waals surface area contributed by atoms with Gasteiger partial charge in [0.1, 0.15) is 5.75 Å². The van der Waals surface area contributed by atoms with Crippen LogP contribution in [0.3, 0.4) is 0 Å². The maximum Gasteiger partial charge on any atom is 0.219 e. The quantitative estimate of drug-likeness (QED) is 0.916. The van der Waals surface area contributed by atoms with Gasteiger partial charge in [-0.25, -0.2) is 4.98 Å². The molecule has 0 aliphatic carbocycles. The van der Waals surface area contributed by atoms with Gasteiger partial charge in [-0.15, -0.1) is 0 Å². The maximum absolute atomic E-state index is 9.36. The number of aliphatic hydroxyl groups is 1. The van der Waals surface area contributed by atoms with Gasteiger partial charge in [0.25, 0.3) is 0 Å². The first-order valence-corrected chi connectivity index (χ1v) is 6.09. The predicted octanol–water partition coefficient (Wildman–Crippen LogP) is 4.23. The molecule has 1 aromatic heterocycles. The minimum atomic E-state index is -0.550. The van der Waals surface area contributed by atoms with Crippen LogP contribution in [0.2, 0.25) is 10.0 Å². The summed E-state index contributed by atoms with van der Waals surface area (Å²) >= 11 is 11.8. The first-order valence-electron chi connectivity index (χ1n) is 5.33. The summed E-state index contributed by atoms with van der Waals surface area (Å²) in [7, 11) is 0. The van der Waals surface area contributed by atoms with E-state index >= 15 is 0 Å². The van der Waals surface area contributed by atoms with Crippen LogP contribution in [-0.2, 0) is 0 Å². The summed E-state index contributed by atoms with van der Waals surface area (Å²) in [6, 6.07) is 8.38. The predicted molar refractivity (Wildman–Crippen MR) is 71.4 cm³/mol. The Balaban J connectivity index is 2.18. The number of hydrogen-bond donors (Lipinski definition) is 1. The van der Waals surface area contributed by atoms with Crippen molar-refractivity contribution in [2.24, 2.45) is 0 Å². The van der Waals surface area contributed by atoms with E-state index in [1.807, 2.05) is 0 Å². The number of rotatable bonds is 3. The van der Waals surface area contributed by atoms with Gasteiger partial charge >= 0.3 is 0 Å². The largest absolute Gasteiger partial charge is 0.437 e. The summed E-state index contributed by atoms with van der Waals surface area (Å²) in [5, 5.41) is 10.3. The Morgan fingerprint density at radius 3 is 2.56 bits per heavy atom. The highest BCUT2D eigenvalue weighted by atomic mass is 35.5. The summed E-state index contributed by atoms with van der Waals surface area (Å²) < 4.78 is 5.52. The van der Waals surface area contributed by atoms with Crippen molar-refractivity contribution in [1.82, 2.24) is 4.98 Å². The van der Waals surface area contributed by atoms with Crippen LogP contribution in [0.15, 0.2) is 36.5 Å². The number of hydrogen-bond acceptors (Lipinski definition) is 3. The third-order valence-corrected chi connectivity index (χ3v) is 2.88. The van der Waals surface area contributed by atoms with Crippen molar-refractivity contribution >= 4 is 23.2 Å². The molecule has 1 aromatic carbocycles. The van der Waals surface area contributed by atoms with E-state index in [4.69, 9.17) is 27.9 Å². The fraction of sp³-hybridized carbons (Fsp3) is 0.154. The van der Waals surface area contributed by atoms with Crippen molar-refractivity contribution in [2.75, 3.05) is 0 Å². The lowest BCUT2D eigenvalue weighted by Gasteiger charge is -2.08. The van der Waals surface area contributed by atoms with E-state index in [0.29, 0.717) is 21.7 Å². The van der Waals surface area contributed by atoms with Crippen LogP contribution < -0.4 is 4.74 Å². The smallest absolute Gasteiger partial charge is 0.219 e. The molecule has 0 radical (unpaired) electrons. The third kappa shape index (κ3) is 3.13. The third-order valence-electron chi connectivity index (χ3n) is 2.35. The molecule has 0 spiro atoms. The minimum absolute atomic E-state index is 0.406. The van der Waals surface area contributed by atoms with E-state index in [2.05, 4.69) is 4.98 Å². The molecule has 1 heterocycles. The zero-order chi connectivity index (χ0) is 13.1. The molecule has 1 N–H and O–H groups in total. The van der Waals surface area contributed by atoms with Crippen LogP contribution in [0.5, 0.6) is 11.6 Å². The molecule has 0 aliphatic rings. The second-order valence-electron chi connectivity index (χ2n) is 3.78. The highest BCUT2D eigenvalue weighted by molar-refractivity contribution is 6.35. The number of ether oxygens (including phenoxy) is 1. The lowest BCUT2D eigenvalue weighted by molar-refractivity contribution is 0.198. The van der Waals surface area contributed by atoms with E-state index in [0.717, 1.165) is 5.56 Å². The number of aliphatic hydroxyl groups excluding tert-OH is 1. The summed E-state index contributed by atoms with van der Waals surface area (Å²) in [4.78, 5) is 4.08. The Hall–Kier alpha value is -1.29. The van der Waals surface area contributed by atoms with Gasteiger partial charge in [-0.1, -0.05) is 23.2 Å². The highest BCUT2D eigenvalue weighted by Crippen LogP contribution is 2.30. The zero-order valence-corrected chi connectivity index (χ0v) is 11.1. The molecule has 2 aromatic rings. The summed E-state index contributed by atoms with van der Waals surface area (Å²) in [5.74, 6) is 0.891. The molecule has 1 atom stereocenters. The number of nitrogens with zero attached hydrogens (tertiary/aromatic N) is 1. The highest BCUT2D eigenvalue weighted by Gasteiger charge is 2.06. The van der Waals surface area contributed by atoms with Crippen LogP contribution in [-0.4, -0.2) is 10.1 Å². The van der Waals surface area contributed by atoms with Gasteiger partial charge in [0.05, 0.1) is 11.1 Å². The first-order chi connectivity index (χ1) is 8.56. The monoisotopic (exact) mass is 283 g/mol. The number of aromatic nitrogens is 1. The van der Waals surface area contributed by atoms with Gasteiger partial charge in [0, 0.05) is 17.3 Å². The fourth-order valence-electron chi connectivity index (χ4n) is 1.37. The van der Waals surface area contributed by atoms with Gasteiger partial charge in [0.2, 0.25) is 5.88 Å². The number of benzene rings is 1. The first kappa shape index (κ1) is 13.1. The topological polar surface area (TPSA) is 42.4 Å².